The van der Waals surface area contributed by atoms with Gasteiger partial charge in [-0.3, -0.25) is 0 Å². The number of unbranched alkanes of at least 4 members (excludes halogenated alkanes) is 2. The fourth-order valence-corrected chi connectivity index (χ4v) is 2.59. The third-order valence-corrected chi connectivity index (χ3v) is 3.72. The Hall–Kier alpha value is -1.11. The standard InChI is InChI=1S/C15H27N3O3/c1-5-6-7-8-12(9(2)19)15-13(10(3)20)14(11(4)21)16-18-17-15/h9-12,19-21H,5-8H2,1-4H3. The molecular weight excluding hydrogens is 270 g/mol. The molecule has 0 radical (unpaired) electrons. The molecule has 0 amide bonds. The fourth-order valence-electron chi connectivity index (χ4n) is 2.59. The first-order valence-electron chi connectivity index (χ1n) is 7.67. The Morgan fingerprint density at radius 1 is 0.905 bits per heavy atom. The lowest BCUT2D eigenvalue weighted by atomic mass is 9.88. The van der Waals surface area contributed by atoms with Gasteiger partial charge in [0.15, 0.2) is 0 Å². The highest BCUT2D eigenvalue weighted by Gasteiger charge is 2.28. The molecule has 3 N–H and O–H groups in total. The van der Waals surface area contributed by atoms with E-state index in [2.05, 4.69) is 22.3 Å². The monoisotopic (exact) mass is 297 g/mol. The maximum atomic E-state index is 10.1. The molecule has 0 fully saturated rings. The van der Waals surface area contributed by atoms with Crippen LogP contribution >= 0.6 is 0 Å². The second kappa shape index (κ2) is 8.36. The van der Waals surface area contributed by atoms with E-state index in [4.69, 9.17) is 0 Å². The first-order chi connectivity index (χ1) is 9.90. The Morgan fingerprint density at radius 3 is 2.00 bits per heavy atom. The summed E-state index contributed by atoms with van der Waals surface area (Å²) in [5.41, 5.74) is 1.36. The van der Waals surface area contributed by atoms with E-state index in [0.29, 0.717) is 17.0 Å². The maximum absolute atomic E-state index is 10.1. The van der Waals surface area contributed by atoms with Crippen LogP contribution in [-0.4, -0.2) is 36.8 Å². The van der Waals surface area contributed by atoms with Crippen molar-refractivity contribution in [3.05, 3.63) is 17.0 Å². The molecule has 0 aliphatic heterocycles. The van der Waals surface area contributed by atoms with E-state index in [1.807, 2.05) is 0 Å². The van der Waals surface area contributed by atoms with Crippen molar-refractivity contribution in [2.45, 2.75) is 77.6 Å². The molecule has 1 rings (SSSR count). The van der Waals surface area contributed by atoms with Gasteiger partial charge in [-0.05, 0) is 32.4 Å². The molecule has 0 aliphatic carbocycles. The van der Waals surface area contributed by atoms with Crippen LogP contribution in [-0.2, 0) is 0 Å². The van der Waals surface area contributed by atoms with Crippen LogP contribution in [0.25, 0.3) is 0 Å². The lowest BCUT2D eigenvalue weighted by molar-refractivity contribution is 0.143. The van der Waals surface area contributed by atoms with Gasteiger partial charge in [0.05, 0.1) is 24.0 Å². The van der Waals surface area contributed by atoms with E-state index in [9.17, 15) is 15.3 Å². The van der Waals surface area contributed by atoms with Gasteiger partial charge in [0.1, 0.15) is 5.69 Å². The molecular formula is C15H27N3O3. The van der Waals surface area contributed by atoms with E-state index >= 15 is 0 Å². The zero-order valence-electron chi connectivity index (χ0n) is 13.3. The maximum Gasteiger partial charge on any atom is 0.101 e. The number of hydrogen-bond acceptors (Lipinski definition) is 6. The highest BCUT2D eigenvalue weighted by molar-refractivity contribution is 5.30. The predicted molar refractivity (Wildman–Crippen MR) is 79.7 cm³/mol. The molecule has 0 aromatic carbocycles. The normalized spacial score (nSPS) is 17.3. The van der Waals surface area contributed by atoms with Gasteiger partial charge in [-0.15, -0.1) is 10.2 Å². The van der Waals surface area contributed by atoms with Crippen LogP contribution in [0.15, 0.2) is 0 Å². The fraction of sp³-hybridized carbons (Fsp3) is 0.800. The van der Waals surface area contributed by atoms with Gasteiger partial charge in [0.25, 0.3) is 0 Å². The number of rotatable bonds is 8. The van der Waals surface area contributed by atoms with Gasteiger partial charge in [-0.25, -0.2) is 0 Å². The SMILES string of the molecule is CCCCCC(c1nnnc(C(C)O)c1C(C)O)C(C)O. The molecule has 21 heavy (non-hydrogen) atoms. The Balaban J connectivity index is 3.20. The van der Waals surface area contributed by atoms with E-state index in [0.717, 1.165) is 25.7 Å². The van der Waals surface area contributed by atoms with Crippen LogP contribution < -0.4 is 0 Å². The summed E-state index contributed by atoms with van der Waals surface area (Å²) >= 11 is 0. The zero-order valence-corrected chi connectivity index (χ0v) is 13.3. The molecule has 1 aromatic rings. The van der Waals surface area contributed by atoms with Crippen molar-refractivity contribution in [3.8, 4) is 0 Å². The molecule has 0 saturated carbocycles. The predicted octanol–water partition coefficient (Wildman–Crippen LogP) is 2.02. The summed E-state index contributed by atoms with van der Waals surface area (Å²) in [7, 11) is 0. The minimum absolute atomic E-state index is 0.214. The molecule has 6 heteroatoms. The second-order valence-electron chi connectivity index (χ2n) is 5.67. The van der Waals surface area contributed by atoms with Crippen LogP contribution in [0.2, 0.25) is 0 Å². The summed E-state index contributed by atoms with van der Waals surface area (Å²) in [4.78, 5) is 0. The summed E-state index contributed by atoms with van der Waals surface area (Å²) < 4.78 is 0. The average molecular weight is 297 g/mol. The van der Waals surface area contributed by atoms with Crippen molar-refractivity contribution in [1.82, 2.24) is 15.4 Å². The summed E-state index contributed by atoms with van der Waals surface area (Å²) in [5.74, 6) is -0.214. The summed E-state index contributed by atoms with van der Waals surface area (Å²) in [5, 5.41) is 41.5. The number of aromatic nitrogens is 3. The first-order valence-corrected chi connectivity index (χ1v) is 7.67. The molecule has 0 bridgehead atoms. The second-order valence-corrected chi connectivity index (χ2v) is 5.67. The summed E-state index contributed by atoms with van der Waals surface area (Å²) in [6.07, 6.45) is 1.65. The van der Waals surface area contributed by atoms with Crippen molar-refractivity contribution in [2.24, 2.45) is 0 Å². The van der Waals surface area contributed by atoms with Gasteiger partial charge < -0.3 is 15.3 Å². The molecule has 0 aliphatic rings. The molecule has 0 saturated heterocycles. The first kappa shape index (κ1) is 17.9. The molecule has 4 atom stereocenters. The largest absolute Gasteiger partial charge is 0.393 e. The highest BCUT2D eigenvalue weighted by atomic mass is 16.3. The minimum Gasteiger partial charge on any atom is -0.393 e. The highest BCUT2D eigenvalue weighted by Crippen LogP contribution is 2.32. The smallest absolute Gasteiger partial charge is 0.101 e. The zero-order chi connectivity index (χ0) is 16.0. The van der Waals surface area contributed by atoms with Crippen LogP contribution in [0.5, 0.6) is 0 Å². The van der Waals surface area contributed by atoms with Gasteiger partial charge in [-0.1, -0.05) is 26.2 Å². The van der Waals surface area contributed by atoms with Gasteiger partial charge in [-0.2, -0.15) is 0 Å². The van der Waals surface area contributed by atoms with E-state index in [-0.39, 0.29) is 5.92 Å². The number of aliphatic hydroxyl groups excluding tert-OH is 3. The Morgan fingerprint density at radius 2 is 1.52 bits per heavy atom. The molecule has 6 nitrogen and oxygen atoms in total. The van der Waals surface area contributed by atoms with E-state index in [1.54, 1.807) is 20.8 Å². The van der Waals surface area contributed by atoms with Crippen molar-refractivity contribution in [3.63, 3.8) is 0 Å². The van der Waals surface area contributed by atoms with Gasteiger partial charge in [0, 0.05) is 11.5 Å². The van der Waals surface area contributed by atoms with Crippen molar-refractivity contribution < 1.29 is 15.3 Å². The van der Waals surface area contributed by atoms with Crippen LogP contribution in [0.1, 0.15) is 88.5 Å². The molecule has 0 spiro atoms. The third kappa shape index (κ3) is 4.69. The Labute approximate surface area is 126 Å². The Bertz CT molecular complexity index is 436. The third-order valence-electron chi connectivity index (χ3n) is 3.72. The topological polar surface area (TPSA) is 99.4 Å². The van der Waals surface area contributed by atoms with Crippen molar-refractivity contribution in [2.75, 3.05) is 0 Å². The molecule has 120 valence electrons. The van der Waals surface area contributed by atoms with Crippen molar-refractivity contribution in [1.29, 1.82) is 0 Å². The van der Waals surface area contributed by atoms with Crippen LogP contribution in [0.3, 0.4) is 0 Å². The Kier molecular flexibility index (Phi) is 7.14. The van der Waals surface area contributed by atoms with E-state index < -0.39 is 18.3 Å². The molecule has 4 unspecified atom stereocenters. The van der Waals surface area contributed by atoms with Gasteiger partial charge >= 0.3 is 0 Å². The number of hydrogen-bond donors (Lipinski definition) is 3. The molecule has 1 heterocycles. The molecule has 1 aromatic heterocycles. The van der Waals surface area contributed by atoms with Crippen molar-refractivity contribution >= 4 is 0 Å². The quantitative estimate of drug-likeness (QED) is 0.635. The average Bonchev–Trinajstić information content (AvgIpc) is 2.42. The number of nitrogens with zero attached hydrogens (tertiary/aromatic N) is 3. The summed E-state index contributed by atoms with van der Waals surface area (Å²) in [6, 6.07) is 0. The van der Waals surface area contributed by atoms with Crippen LogP contribution in [0.4, 0.5) is 0 Å². The lowest BCUT2D eigenvalue weighted by Gasteiger charge is -2.24. The van der Waals surface area contributed by atoms with Gasteiger partial charge in [0.2, 0.25) is 0 Å². The number of aliphatic hydroxyl groups is 3. The van der Waals surface area contributed by atoms with Crippen LogP contribution in [0, 0.1) is 0 Å². The lowest BCUT2D eigenvalue weighted by Crippen LogP contribution is -2.22. The minimum atomic E-state index is -0.839. The summed E-state index contributed by atoms with van der Waals surface area (Å²) in [6.45, 7) is 7.02. The van der Waals surface area contributed by atoms with E-state index in [1.165, 1.54) is 0 Å².